The number of fused-ring (bicyclic) bond motifs is 1. The summed E-state index contributed by atoms with van der Waals surface area (Å²) in [6, 6.07) is 8.85. The van der Waals surface area contributed by atoms with Crippen molar-refractivity contribution in [1.29, 1.82) is 0 Å². The van der Waals surface area contributed by atoms with E-state index in [1.54, 1.807) is 18.1 Å². The van der Waals surface area contributed by atoms with Crippen LogP contribution < -0.4 is 4.90 Å². The number of thioether (sulfide) groups is 1. The van der Waals surface area contributed by atoms with Gasteiger partial charge in [0.25, 0.3) is 0 Å². The Balaban J connectivity index is 1.54. The molecule has 0 spiro atoms. The number of hydrogen-bond acceptors (Lipinski definition) is 4. The van der Waals surface area contributed by atoms with Crippen LogP contribution >= 0.6 is 11.8 Å². The molecule has 0 fully saturated rings. The molecule has 2 aromatic rings. The molecule has 106 valence electrons. The number of anilines is 1. The maximum absolute atomic E-state index is 4.13. The van der Waals surface area contributed by atoms with Gasteiger partial charge >= 0.3 is 0 Å². The Labute approximate surface area is 124 Å². The van der Waals surface area contributed by atoms with Gasteiger partial charge < -0.3 is 4.90 Å². The van der Waals surface area contributed by atoms with Crippen LogP contribution in [0.4, 0.5) is 5.69 Å². The highest BCUT2D eigenvalue weighted by atomic mass is 32.2. The van der Waals surface area contributed by atoms with Crippen LogP contribution in [0.15, 0.2) is 35.7 Å². The van der Waals surface area contributed by atoms with E-state index in [9.17, 15) is 0 Å². The molecule has 0 bridgehead atoms. The molecule has 1 aliphatic rings. The second kappa shape index (κ2) is 6.79. The van der Waals surface area contributed by atoms with Gasteiger partial charge in [0.15, 0.2) is 5.16 Å². The Bertz CT molecular complexity index is 526. The molecule has 1 aliphatic heterocycles. The van der Waals surface area contributed by atoms with Crippen molar-refractivity contribution in [2.45, 2.75) is 30.8 Å². The average molecular weight is 288 g/mol. The van der Waals surface area contributed by atoms with E-state index in [1.807, 2.05) is 0 Å². The van der Waals surface area contributed by atoms with Gasteiger partial charge in [-0.2, -0.15) is 5.10 Å². The molecule has 0 saturated carbocycles. The van der Waals surface area contributed by atoms with Crippen molar-refractivity contribution >= 4 is 17.4 Å². The van der Waals surface area contributed by atoms with Crippen molar-refractivity contribution in [3.63, 3.8) is 0 Å². The molecule has 0 radical (unpaired) electrons. The Morgan fingerprint density at radius 3 is 3.10 bits per heavy atom. The summed E-state index contributed by atoms with van der Waals surface area (Å²) in [6.07, 6.45) is 6.55. The molecule has 2 heterocycles. The van der Waals surface area contributed by atoms with Gasteiger partial charge in [0.05, 0.1) is 0 Å². The third-order valence-corrected chi connectivity index (χ3v) is 4.62. The second-order valence-corrected chi connectivity index (χ2v) is 6.15. The minimum absolute atomic E-state index is 0.918. The average Bonchev–Trinajstić information content (AvgIpc) is 2.91. The number of aromatic nitrogens is 3. The quantitative estimate of drug-likeness (QED) is 0.678. The maximum Gasteiger partial charge on any atom is 0.183 e. The van der Waals surface area contributed by atoms with Gasteiger partial charge in [0.2, 0.25) is 0 Å². The molecule has 0 saturated heterocycles. The van der Waals surface area contributed by atoms with Gasteiger partial charge in [0.1, 0.15) is 6.33 Å². The number of para-hydroxylation sites is 1. The third-order valence-electron chi connectivity index (χ3n) is 3.66. The second-order valence-electron chi connectivity index (χ2n) is 5.07. The van der Waals surface area contributed by atoms with Gasteiger partial charge in [-0.1, -0.05) is 30.0 Å². The van der Waals surface area contributed by atoms with Gasteiger partial charge in [-0.15, -0.1) is 0 Å². The van der Waals surface area contributed by atoms with E-state index in [0.717, 1.165) is 17.5 Å². The van der Waals surface area contributed by atoms with E-state index < -0.39 is 0 Å². The van der Waals surface area contributed by atoms with Crippen molar-refractivity contribution in [2.24, 2.45) is 0 Å². The molecule has 5 heteroatoms. The fourth-order valence-electron chi connectivity index (χ4n) is 2.69. The lowest BCUT2D eigenvalue weighted by Gasteiger charge is -2.24. The van der Waals surface area contributed by atoms with Crippen molar-refractivity contribution in [2.75, 3.05) is 23.7 Å². The summed E-state index contributed by atoms with van der Waals surface area (Å²) < 4.78 is 0. The van der Waals surface area contributed by atoms with Crippen LogP contribution in [0, 0.1) is 0 Å². The summed E-state index contributed by atoms with van der Waals surface area (Å²) in [6.45, 7) is 2.31. The third kappa shape index (κ3) is 3.33. The standard InChI is InChI=1S/C15H20N4S/c1-2-8-14-13(6-1)7-3-4-9-19(14)10-5-11-20-15-16-12-17-18-15/h1-2,6,8,12H,3-5,7,9-11H2,(H,16,17,18). The summed E-state index contributed by atoms with van der Waals surface area (Å²) in [5.41, 5.74) is 2.95. The van der Waals surface area contributed by atoms with Crippen molar-refractivity contribution in [3.05, 3.63) is 36.2 Å². The first-order valence-corrected chi connectivity index (χ1v) is 8.23. The molecular formula is C15H20N4S. The number of benzene rings is 1. The highest BCUT2D eigenvalue weighted by Gasteiger charge is 2.14. The zero-order valence-corrected chi connectivity index (χ0v) is 12.4. The zero-order valence-electron chi connectivity index (χ0n) is 11.6. The SMILES string of the molecule is c1ccc2c(c1)CCCCN2CCCSc1ncn[nH]1. The normalized spacial score (nSPS) is 14.9. The van der Waals surface area contributed by atoms with Gasteiger partial charge in [-0.25, -0.2) is 4.98 Å². The lowest BCUT2D eigenvalue weighted by Crippen LogP contribution is -2.25. The minimum Gasteiger partial charge on any atom is -0.371 e. The summed E-state index contributed by atoms with van der Waals surface area (Å²) in [5, 5.41) is 7.67. The Morgan fingerprint density at radius 1 is 1.25 bits per heavy atom. The summed E-state index contributed by atoms with van der Waals surface area (Å²) >= 11 is 1.75. The highest BCUT2D eigenvalue weighted by Crippen LogP contribution is 2.26. The maximum atomic E-state index is 4.13. The van der Waals surface area contributed by atoms with Gasteiger partial charge in [-0.3, -0.25) is 5.10 Å². The van der Waals surface area contributed by atoms with Crippen LogP contribution in [0.25, 0.3) is 0 Å². The summed E-state index contributed by atoms with van der Waals surface area (Å²) in [5.74, 6) is 1.08. The van der Waals surface area contributed by atoms with Crippen molar-refractivity contribution in [3.8, 4) is 0 Å². The molecular weight excluding hydrogens is 268 g/mol. The molecule has 0 unspecified atom stereocenters. The lowest BCUT2D eigenvalue weighted by atomic mass is 10.1. The Kier molecular flexibility index (Phi) is 4.58. The fraction of sp³-hybridized carbons (Fsp3) is 0.467. The van der Waals surface area contributed by atoms with Crippen molar-refractivity contribution in [1.82, 2.24) is 15.2 Å². The predicted molar refractivity (Wildman–Crippen MR) is 83.3 cm³/mol. The topological polar surface area (TPSA) is 44.8 Å². The van der Waals surface area contributed by atoms with Crippen LogP contribution in [-0.2, 0) is 6.42 Å². The molecule has 1 aromatic heterocycles. The predicted octanol–water partition coefficient (Wildman–Crippen LogP) is 3.13. The number of nitrogens with one attached hydrogen (secondary N) is 1. The van der Waals surface area contributed by atoms with Crippen LogP contribution in [0.1, 0.15) is 24.8 Å². The molecule has 0 amide bonds. The number of nitrogens with zero attached hydrogens (tertiary/aromatic N) is 3. The molecule has 0 atom stereocenters. The minimum atomic E-state index is 0.918. The van der Waals surface area contributed by atoms with Crippen LogP contribution in [-0.4, -0.2) is 34.0 Å². The van der Waals surface area contributed by atoms with E-state index in [0.29, 0.717) is 0 Å². The van der Waals surface area contributed by atoms with E-state index in [-0.39, 0.29) is 0 Å². The van der Waals surface area contributed by atoms with Crippen LogP contribution in [0.5, 0.6) is 0 Å². The summed E-state index contributed by atoms with van der Waals surface area (Å²) in [7, 11) is 0. The number of aromatic amines is 1. The summed E-state index contributed by atoms with van der Waals surface area (Å²) in [4.78, 5) is 6.68. The first-order valence-electron chi connectivity index (χ1n) is 7.24. The van der Waals surface area contributed by atoms with E-state index in [4.69, 9.17) is 0 Å². The van der Waals surface area contributed by atoms with Crippen LogP contribution in [0.2, 0.25) is 0 Å². The monoisotopic (exact) mass is 288 g/mol. The number of rotatable bonds is 5. The van der Waals surface area contributed by atoms with E-state index in [2.05, 4.69) is 44.3 Å². The molecule has 1 aromatic carbocycles. The fourth-order valence-corrected chi connectivity index (χ4v) is 3.40. The number of aryl methyl sites for hydroxylation is 1. The number of hydrogen-bond donors (Lipinski definition) is 1. The van der Waals surface area contributed by atoms with E-state index in [1.165, 1.54) is 43.5 Å². The van der Waals surface area contributed by atoms with Crippen molar-refractivity contribution < 1.29 is 0 Å². The highest BCUT2D eigenvalue weighted by molar-refractivity contribution is 7.99. The molecule has 3 rings (SSSR count). The first kappa shape index (κ1) is 13.5. The van der Waals surface area contributed by atoms with Gasteiger partial charge in [0, 0.05) is 24.5 Å². The number of H-pyrrole nitrogens is 1. The van der Waals surface area contributed by atoms with E-state index >= 15 is 0 Å². The lowest BCUT2D eigenvalue weighted by molar-refractivity contribution is 0.706. The molecule has 1 N–H and O–H groups in total. The zero-order chi connectivity index (χ0) is 13.6. The molecule has 4 nitrogen and oxygen atoms in total. The smallest absolute Gasteiger partial charge is 0.183 e. The first-order chi connectivity index (χ1) is 9.93. The molecule has 0 aliphatic carbocycles. The Hall–Kier alpha value is -1.49. The van der Waals surface area contributed by atoms with Crippen LogP contribution in [0.3, 0.4) is 0 Å². The largest absolute Gasteiger partial charge is 0.371 e. The Morgan fingerprint density at radius 2 is 2.20 bits per heavy atom. The van der Waals surface area contributed by atoms with Gasteiger partial charge in [-0.05, 0) is 37.3 Å². The molecule has 20 heavy (non-hydrogen) atoms.